The summed E-state index contributed by atoms with van der Waals surface area (Å²) in [6.07, 6.45) is 2.34. The van der Waals surface area contributed by atoms with E-state index < -0.39 is 0 Å². The first kappa shape index (κ1) is 14.7. The van der Waals surface area contributed by atoms with Crippen molar-refractivity contribution in [2.75, 3.05) is 0 Å². The summed E-state index contributed by atoms with van der Waals surface area (Å²) in [7, 11) is 0. The van der Waals surface area contributed by atoms with Crippen molar-refractivity contribution < 1.29 is 13.9 Å². The van der Waals surface area contributed by atoms with Gasteiger partial charge in [-0.25, -0.2) is 4.98 Å². The Bertz CT molecular complexity index is 959. The summed E-state index contributed by atoms with van der Waals surface area (Å²) in [5.41, 5.74) is 1.64. The van der Waals surface area contributed by atoms with E-state index in [1.807, 2.05) is 31.2 Å². The Morgan fingerprint density at radius 2 is 2.25 bits per heavy atom. The second kappa shape index (κ2) is 5.63. The first-order valence-electron chi connectivity index (χ1n) is 7.82. The number of rotatable bonds is 4. The molecule has 3 aromatic heterocycles. The summed E-state index contributed by atoms with van der Waals surface area (Å²) in [5, 5.41) is 0. The third-order valence-electron chi connectivity index (χ3n) is 4.30. The van der Waals surface area contributed by atoms with E-state index in [0.717, 1.165) is 17.9 Å². The fourth-order valence-corrected chi connectivity index (χ4v) is 2.96. The largest absolute Gasteiger partial charge is 0.469 e. The zero-order valence-electron chi connectivity index (χ0n) is 13.1. The zero-order valence-corrected chi connectivity index (χ0v) is 13.1. The smallest absolute Gasteiger partial charge is 0.310 e. The van der Waals surface area contributed by atoms with Crippen LogP contribution in [0.5, 0.6) is 0 Å². The molecule has 0 unspecified atom stereocenters. The number of nitrogens with zero attached hydrogens (tertiary/aromatic N) is 2. The summed E-state index contributed by atoms with van der Waals surface area (Å²) in [6, 6.07) is 10.5. The first-order valence-corrected chi connectivity index (χ1v) is 7.82. The van der Waals surface area contributed by atoms with E-state index >= 15 is 0 Å². The van der Waals surface area contributed by atoms with Gasteiger partial charge in [-0.3, -0.25) is 14.0 Å². The summed E-state index contributed by atoms with van der Waals surface area (Å²) in [6.45, 7) is 1.84. The van der Waals surface area contributed by atoms with Crippen LogP contribution in [-0.4, -0.2) is 15.4 Å². The van der Waals surface area contributed by atoms with Crippen molar-refractivity contribution in [3.05, 3.63) is 70.2 Å². The SMILES string of the molecule is Cc1cccc2nc(COC(=O)[C@@H]3C[C@@H]3c3ccco3)cc(=O)n12. The van der Waals surface area contributed by atoms with Gasteiger partial charge in [-0.1, -0.05) is 6.07 Å². The number of hydrogen-bond acceptors (Lipinski definition) is 5. The van der Waals surface area contributed by atoms with Crippen LogP contribution < -0.4 is 5.56 Å². The Balaban J connectivity index is 1.46. The number of aryl methyl sites for hydroxylation is 1. The highest BCUT2D eigenvalue weighted by molar-refractivity contribution is 5.77. The number of furan rings is 1. The number of aromatic nitrogens is 2. The van der Waals surface area contributed by atoms with Gasteiger partial charge < -0.3 is 9.15 Å². The van der Waals surface area contributed by atoms with Gasteiger partial charge in [-0.15, -0.1) is 0 Å². The Labute approximate surface area is 137 Å². The Kier molecular flexibility index (Phi) is 3.45. The molecule has 0 N–H and O–H groups in total. The molecule has 1 aliphatic rings. The molecule has 0 aromatic carbocycles. The normalized spacial score (nSPS) is 19.4. The van der Waals surface area contributed by atoms with Gasteiger partial charge in [-0.05, 0) is 37.6 Å². The van der Waals surface area contributed by atoms with Crippen molar-refractivity contribution >= 4 is 11.6 Å². The number of esters is 1. The third-order valence-corrected chi connectivity index (χ3v) is 4.30. The highest BCUT2D eigenvalue weighted by atomic mass is 16.5. The minimum Gasteiger partial charge on any atom is -0.469 e. The van der Waals surface area contributed by atoms with E-state index in [0.29, 0.717) is 11.3 Å². The van der Waals surface area contributed by atoms with Crippen molar-refractivity contribution in [3.63, 3.8) is 0 Å². The third kappa shape index (κ3) is 2.60. The van der Waals surface area contributed by atoms with Crippen LogP contribution in [0.1, 0.15) is 29.5 Å². The van der Waals surface area contributed by atoms with Gasteiger partial charge in [0.2, 0.25) is 0 Å². The molecule has 0 radical (unpaired) electrons. The topological polar surface area (TPSA) is 73.8 Å². The second-order valence-electron chi connectivity index (χ2n) is 6.02. The molecule has 0 amide bonds. The lowest BCUT2D eigenvalue weighted by atomic mass is 10.2. The van der Waals surface area contributed by atoms with E-state index in [4.69, 9.17) is 9.15 Å². The van der Waals surface area contributed by atoms with E-state index in [9.17, 15) is 9.59 Å². The average molecular weight is 324 g/mol. The number of carbonyl (C=O) groups excluding carboxylic acids is 1. The zero-order chi connectivity index (χ0) is 16.7. The molecule has 6 nitrogen and oxygen atoms in total. The molecule has 3 heterocycles. The predicted octanol–water partition coefficient (Wildman–Crippen LogP) is 2.44. The quantitative estimate of drug-likeness (QED) is 0.689. The molecular weight excluding hydrogens is 308 g/mol. The van der Waals surface area contributed by atoms with Crippen LogP contribution in [0.4, 0.5) is 0 Å². The molecular formula is C18H16N2O4. The molecule has 1 aliphatic carbocycles. The van der Waals surface area contributed by atoms with Gasteiger partial charge >= 0.3 is 5.97 Å². The lowest BCUT2D eigenvalue weighted by Crippen LogP contribution is -2.18. The highest BCUT2D eigenvalue weighted by Gasteiger charge is 2.47. The van der Waals surface area contributed by atoms with Gasteiger partial charge in [0.15, 0.2) is 0 Å². The molecule has 0 aliphatic heterocycles. The maximum atomic E-state index is 12.2. The predicted molar refractivity (Wildman–Crippen MR) is 85.6 cm³/mol. The standard InChI is InChI=1S/C18H16N2O4/c1-11-4-2-6-16-19-12(8-17(21)20(11)16)10-24-18(22)14-9-13(14)15-5-3-7-23-15/h2-8,13-14H,9-10H2,1H3/t13-,14+/m0/s1. The lowest BCUT2D eigenvalue weighted by molar-refractivity contribution is -0.146. The van der Waals surface area contributed by atoms with E-state index in [2.05, 4.69) is 4.98 Å². The Morgan fingerprint density at radius 3 is 3.04 bits per heavy atom. The molecule has 0 saturated heterocycles. The van der Waals surface area contributed by atoms with Crippen LogP contribution in [0.25, 0.3) is 5.65 Å². The fourth-order valence-electron chi connectivity index (χ4n) is 2.96. The van der Waals surface area contributed by atoms with Crippen molar-refractivity contribution in [3.8, 4) is 0 Å². The summed E-state index contributed by atoms with van der Waals surface area (Å²) in [4.78, 5) is 28.7. The first-order chi connectivity index (χ1) is 11.6. The monoisotopic (exact) mass is 324 g/mol. The Hall–Kier alpha value is -2.89. The number of ether oxygens (including phenoxy) is 1. The minimum atomic E-state index is -0.275. The van der Waals surface area contributed by atoms with Gasteiger partial charge in [0, 0.05) is 17.7 Å². The number of pyridine rings is 1. The second-order valence-corrected chi connectivity index (χ2v) is 6.02. The van der Waals surface area contributed by atoms with Crippen LogP contribution in [0.3, 0.4) is 0 Å². The van der Waals surface area contributed by atoms with E-state index in [1.54, 1.807) is 12.3 Å². The van der Waals surface area contributed by atoms with E-state index in [1.165, 1.54) is 10.5 Å². The molecule has 1 fully saturated rings. The minimum absolute atomic E-state index is 0.000109. The van der Waals surface area contributed by atoms with Gasteiger partial charge in [0.25, 0.3) is 5.56 Å². The number of fused-ring (bicyclic) bond motifs is 1. The molecule has 24 heavy (non-hydrogen) atoms. The number of hydrogen-bond donors (Lipinski definition) is 0. The van der Waals surface area contributed by atoms with Crippen molar-refractivity contribution in [2.45, 2.75) is 25.9 Å². The Morgan fingerprint density at radius 1 is 1.38 bits per heavy atom. The molecule has 6 heteroatoms. The van der Waals surface area contributed by atoms with Crippen molar-refractivity contribution in [1.29, 1.82) is 0 Å². The van der Waals surface area contributed by atoms with Gasteiger partial charge in [0.1, 0.15) is 18.0 Å². The summed E-state index contributed by atoms with van der Waals surface area (Å²) >= 11 is 0. The number of carbonyl (C=O) groups is 1. The summed E-state index contributed by atoms with van der Waals surface area (Å²) in [5.74, 6) is 0.474. The maximum Gasteiger partial charge on any atom is 0.310 e. The van der Waals surface area contributed by atoms with E-state index in [-0.39, 0.29) is 30.0 Å². The molecule has 0 bridgehead atoms. The molecule has 4 rings (SSSR count). The van der Waals surface area contributed by atoms with Crippen LogP contribution in [-0.2, 0) is 16.1 Å². The molecule has 3 aromatic rings. The highest BCUT2D eigenvalue weighted by Crippen LogP contribution is 2.48. The molecule has 122 valence electrons. The van der Waals surface area contributed by atoms with Crippen LogP contribution in [0.2, 0.25) is 0 Å². The molecule has 1 saturated carbocycles. The summed E-state index contributed by atoms with van der Waals surface area (Å²) < 4.78 is 12.2. The van der Waals surface area contributed by atoms with Crippen LogP contribution >= 0.6 is 0 Å². The maximum absolute atomic E-state index is 12.2. The van der Waals surface area contributed by atoms with Gasteiger partial charge in [-0.2, -0.15) is 0 Å². The van der Waals surface area contributed by atoms with Crippen LogP contribution in [0.15, 0.2) is 51.9 Å². The van der Waals surface area contributed by atoms with Gasteiger partial charge in [0.05, 0.1) is 17.9 Å². The fraction of sp³-hybridized carbons (Fsp3) is 0.278. The van der Waals surface area contributed by atoms with Crippen LogP contribution in [0, 0.1) is 12.8 Å². The van der Waals surface area contributed by atoms with Crippen molar-refractivity contribution in [1.82, 2.24) is 9.38 Å². The average Bonchev–Trinajstić information content (AvgIpc) is 3.18. The lowest BCUT2D eigenvalue weighted by Gasteiger charge is -2.07. The molecule has 0 spiro atoms. The molecule has 2 atom stereocenters. The van der Waals surface area contributed by atoms with Crippen molar-refractivity contribution in [2.24, 2.45) is 5.92 Å².